The summed E-state index contributed by atoms with van der Waals surface area (Å²) in [5.74, 6) is 0. The molecule has 2 amide bonds. The number of nitrogens with zero attached hydrogens (tertiary/aromatic N) is 2. The zero-order valence-electron chi connectivity index (χ0n) is 12.8. The lowest BCUT2D eigenvalue weighted by Crippen LogP contribution is -2.44. The van der Waals surface area contributed by atoms with Gasteiger partial charge < -0.3 is 14.8 Å². The van der Waals surface area contributed by atoms with Gasteiger partial charge in [-0.3, -0.25) is 0 Å². The molecule has 1 aromatic carbocycles. The van der Waals surface area contributed by atoms with Crippen molar-refractivity contribution in [1.29, 1.82) is 0 Å². The third-order valence-corrected chi connectivity index (χ3v) is 4.97. The number of aromatic nitrogens is 1. The molecule has 1 atom stereocenters. The van der Waals surface area contributed by atoms with Crippen molar-refractivity contribution in [3.63, 3.8) is 0 Å². The number of fused-ring (bicyclic) bond motifs is 1. The molecule has 0 radical (unpaired) electrons. The van der Waals surface area contributed by atoms with Crippen LogP contribution in [0.3, 0.4) is 0 Å². The second-order valence-electron chi connectivity index (χ2n) is 5.58. The number of aryl methyl sites for hydroxylation is 1. The molecule has 2 heterocycles. The summed E-state index contributed by atoms with van der Waals surface area (Å²) >= 11 is 3.47. The molecule has 2 aromatic rings. The Morgan fingerprint density at radius 2 is 2.05 bits per heavy atom. The molecule has 1 aromatic heterocycles. The number of para-hydroxylation sites is 1. The Morgan fingerprint density at radius 3 is 2.77 bits per heavy atom. The number of halogens is 1. The molecular weight excluding hydrogens is 342 g/mol. The van der Waals surface area contributed by atoms with Gasteiger partial charge >= 0.3 is 6.03 Å². The third-order valence-electron chi connectivity index (χ3n) is 4.28. The van der Waals surface area contributed by atoms with Crippen molar-refractivity contribution in [1.82, 2.24) is 9.47 Å². The van der Waals surface area contributed by atoms with Crippen LogP contribution in [-0.4, -0.2) is 22.0 Å². The molecule has 3 rings (SSSR count). The van der Waals surface area contributed by atoms with Crippen molar-refractivity contribution < 1.29 is 4.79 Å². The SMILES string of the molecule is CC[C@H]1c2ccc(C)n2CCN1C(=O)Nc1ccccc1Br. The van der Waals surface area contributed by atoms with Gasteiger partial charge in [-0.05, 0) is 53.5 Å². The molecule has 5 heteroatoms. The van der Waals surface area contributed by atoms with Crippen LogP contribution < -0.4 is 5.32 Å². The predicted octanol–water partition coefficient (Wildman–Crippen LogP) is 4.56. The van der Waals surface area contributed by atoms with Gasteiger partial charge in [0.2, 0.25) is 0 Å². The van der Waals surface area contributed by atoms with E-state index in [1.165, 1.54) is 11.4 Å². The average Bonchev–Trinajstić information content (AvgIpc) is 2.90. The topological polar surface area (TPSA) is 37.3 Å². The smallest absolute Gasteiger partial charge is 0.322 e. The maximum atomic E-state index is 12.7. The van der Waals surface area contributed by atoms with Crippen molar-refractivity contribution in [3.8, 4) is 0 Å². The molecule has 0 aliphatic carbocycles. The zero-order chi connectivity index (χ0) is 15.7. The number of amides is 2. The first-order valence-corrected chi connectivity index (χ1v) is 8.39. The fraction of sp³-hybridized carbons (Fsp3) is 0.353. The van der Waals surface area contributed by atoms with E-state index in [4.69, 9.17) is 0 Å². The van der Waals surface area contributed by atoms with Crippen LogP contribution in [0, 0.1) is 6.92 Å². The lowest BCUT2D eigenvalue weighted by Gasteiger charge is -2.37. The first kappa shape index (κ1) is 15.2. The summed E-state index contributed by atoms with van der Waals surface area (Å²) in [5.41, 5.74) is 3.30. The number of anilines is 1. The van der Waals surface area contributed by atoms with E-state index in [2.05, 4.69) is 51.8 Å². The molecular formula is C17H20BrN3O. The van der Waals surface area contributed by atoms with Crippen LogP contribution in [0.2, 0.25) is 0 Å². The summed E-state index contributed by atoms with van der Waals surface area (Å²) in [6.45, 7) is 5.83. The Kier molecular flexibility index (Phi) is 4.25. The highest BCUT2D eigenvalue weighted by Crippen LogP contribution is 2.31. The van der Waals surface area contributed by atoms with E-state index < -0.39 is 0 Å². The van der Waals surface area contributed by atoms with Crippen molar-refractivity contribution in [2.45, 2.75) is 32.9 Å². The molecule has 0 fully saturated rings. The van der Waals surface area contributed by atoms with E-state index in [-0.39, 0.29) is 12.1 Å². The maximum absolute atomic E-state index is 12.7. The van der Waals surface area contributed by atoms with E-state index >= 15 is 0 Å². The fourth-order valence-electron chi connectivity index (χ4n) is 3.13. The molecule has 0 saturated carbocycles. The quantitative estimate of drug-likeness (QED) is 0.836. The summed E-state index contributed by atoms with van der Waals surface area (Å²) in [4.78, 5) is 14.6. The molecule has 0 saturated heterocycles. The number of rotatable bonds is 2. The molecule has 0 bridgehead atoms. The molecule has 4 nitrogen and oxygen atoms in total. The van der Waals surface area contributed by atoms with Gasteiger partial charge in [-0.25, -0.2) is 4.79 Å². The highest BCUT2D eigenvalue weighted by molar-refractivity contribution is 9.10. The van der Waals surface area contributed by atoms with Crippen LogP contribution in [0.15, 0.2) is 40.9 Å². The fourth-order valence-corrected chi connectivity index (χ4v) is 3.52. The zero-order valence-corrected chi connectivity index (χ0v) is 14.4. The Hall–Kier alpha value is -1.75. The molecule has 1 aliphatic heterocycles. The molecule has 1 N–H and O–H groups in total. The molecule has 0 unspecified atom stereocenters. The molecule has 22 heavy (non-hydrogen) atoms. The minimum absolute atomic E-state index is 0.0381. The number of urea groups is 1. The van der Waals surface area contributed by atoms with Gasteiger partial charge in [-0.15, -0.1) is 0 Å². The second-order valence-corrected chi connectivity index (χ2v) is 6.43. The number of hydrogen-bond donors (Lipinski definition) is 1. The summed E-state index contributed by atoms with van der Waals surface area (Å²) in [5, 5.41) is 3.01. The Labute approximate surface area is 139 Å². The largest absolute Gasteiger partial charge is 0.345 e. The maximum Gasteiger partial charge on any atom is 0.322 e. The standard InChI is InChI=1S/C17H20BrN3O/c1-3-15-16-9-8-12(2)20(16)10-11-21(15)17(22)19-14-7-5-4-6-13(14)18/h4-9,15H,3,10-11H2,1-2H3,(H,19,22)/t15-/m0/s1. The van der Waals surface area contributed by atoms with Gasteiger partial charge in [0, 0.05) is 29.0 Å². The Morgan fingerprint density at radius 1 is 1.27 bits per heavy atom. The van der Waals surface area contributed by atoms with E-state index in [1.807, 2.05) is 29.2 Å². The molecule has 1 aliphatic rings. The predicted molar refractivity (Wildman–Crippen MR) is 92.1 cm³/mol. The van der Waals surface area contributed by atoms with Gasteiger partial charge in [0.15, 0.2) is 0 Å². The second kappa shape index (κ2) is 6.16. The minimum Gasteiger partial charge on any atom is -0.345 e. The minimum atomic E-state index is -0.0381. The van der Waals surface area contributed by atoms with Crippen LogP contribution in [-0.2, 0) is 6.54 Å². The molecule has 0 spiro atoms. The van der Waals surface area contributed by atoms with E-state index in [0.717, 1.165) is 29.7 Å². The number of carbonyl (C=O) groups excluding carboxylic acids is 1. The molecule has 116 valence electrons. The summed E-state index contributed by atoms with van der Waals surface area (Å²) in [6.07, 6.45) is 0.910. The highest BCUT2D eigenvalue weighted by Gasteiger charge is 2.30. The van der Waals surface area contributed by atoms with Crippen molar-refractivity contribution in [2.75, 3.05) is 11.9 Å². The number of carbonyl (C=O) groups is 1. The first-order valence-electron chi connectivity index (χ1n) is 7.60. The number of nitrogens with one attached hydrogen (secondary N) is 1. The van der Waals surface area contributed by atoms with Crippen LogP contribution in [0.5, 0.6) is 0 Å². The normalized spacial score (nSPS) is 17.2. The lowest BCUT2D eigenvalue weighted by atomic mass is 10.1. The highest BCUT2D eigenvalue weighted by atomic mass is 79.9. The van der Waals surface area contributed by atoms with Gasteiger partial charge in [0.05, 0.1) is 11.7 Å². The van der Waals surface area contributed by atoms with Crippen molar-refractivity contribution in [2.24, 2.45) is 0 Å². The van der Waals surface area contributed by atoms with Crippen LogP contribution in [0.25, 0.3) is 0 Å². The summed E-state index contributed by atoms with van der Waals surface area (Å²) in [6, 6.07) is 12.0. The Bertz CT molecular complexity index is 695. The van der Waals surface area contributed by atoms with E-state index in [9.17, 15) is 4.79 Å². The first-order chi connectivity index (χ1) is 10.6. The summed E-state index contributed by atoms with van der Waals surface area (Å²) in [7, 11) is 0. The van der Waals surface area contributed by atoms with Crippen molar-refractivity contribution >= 4 is 27.6 Å². The number of hydrogen-bond acceptors (Lipinski definition) is 1. The van der Waals surface area contributed by atoms with Gasteiger partial charge in [-0.2, -0.15) is 0 Å². The van der Waals surface area contributed by atoms with Gasteiger partial charge in [-0.1, -0.05) is 19.1 Å². The summed E-state index contributed by atoms with van der Waals surface area (Å²) < 4.78 is 3.21. The van der Waals surface area contributed by atoms with Crippen LogP contribution in [0.1, 0.15) is 30.8 Å². The lowest BCUT2D eigenvalue weighted by molar-refractivity contribution is 0.165. The third kappa shape index (κ3) is 2.65. The Balaban J connectivity index is 1.83. The monoisotopic (exact) mass is 361 g/mol. The van der Waals surface area contributed by atoms with Gasteiger partial charge in [0.25, 0.3) is 0 Å². The average molecular weight is 362 g/mol. The van der Waals surface area contributed by atoms with E-state index in [0.29, 0.717) is 0 Å². The van der Waals surface area contributed by atoms with Crippen LogP contribution in [0.4, 0.5) is 10.5 Å². The van der Waals surface area contributed by atoms with Crippen LogP contribution >= 0.6 is 15.9 Å². The van der Waals surface area contributed by atoms with Gasteiger partial charge in [0.1, 0.15) is 0 Å². The van der Waals surface area contributed by atoms with E-state index in [1.54, 1.807) is 0 Å². The van der Waals surface area contributed by atoms with Crippen molar-refractivity contribution in [3.05, 3.63) is 52.3 Å². The number of benzene rings is 1.